The van der Waals surface area contributed by atoms with Crippen LogP contribution < -0.4 is 10.5 Å². The Bertz CT molecular complexity index is 351. The van der Waals surface area contributed by atoms with E-state index < -0.39 is 6.36 Å². The molecule has 0 radical (unpaired) electrons. The Labute approximate surface area is 87.0 Å². The van der Waals surface area contributed by atoms with Crippen LogP contribution in [0.3, 0.4) is 0 Å². The normalized spacial score (nSPS) is 11.5. The van der Waals surface area contributed by atoms with Gasteiger partial charge in [-0.15, -0.1) is 13.2 Å². The molecule has 0 saturated heterocycles. The zero-order valence-electron chi connectivity index (χ0n) is 7.15. The Hall–Kier alpha value is -0.910. The lowest BCUT2D eigenvalue weighted by atomic mass is 10.2. The molecule has 0 spiro atoms. The molecule has 0 aliphatic carbocycles. The minimum atomic E-state index is -4.70. The van der Waals surface area contributed by atoms with Crippen molar-refractivity contribution in [3.63, 3.8) is 0 Å². The van der Waals surface area contributed by atoms with E-state index in [9.17, 15) is 13.2 Å². The number of nitrogens with two attached hydrogens (primary N) is 1. The van der Waals surface area contributed by atoms with Crippen LogP contribution >= 0.6 is 15.9 Å². The van der Waals surface area contributed by atoms with Crippen molar-refractivity contribution in [1.29, 1.82) is 0 Å². The fourth-order valence-corrected chi connectivity index (χ4v) is 1.41. The monoisotopic (exact) mass is 269 g/mol. The van der Waals surface area contributed by atoms with Crippen LogP contribution in [0, 0.1) is 6.92 Å². The first kappa shape index (κ1) is 11.2. The fraction of sp³-hybridized carbons (Fsp3) is 0.250. The van der Waals surface area contributed by atoms with Gasteiger partial charge in [-0.05, 0) is 34.5 Å². The predicted octanol–water partition coefficient (Wildman–Crippen LogP) is 3.24. The van der Waals surface area contributed by atoms with Crippen LogP contribution in [0.5, 0.6) is 5.75 Å². The van der Waals surface area contributed by atoms with Gasteiger partial charge in [0.25, 0.3) is 0 Å². The molecule has 2 nitrogen and oxygen atoms in total. The number of halogens is 4. The maximum absolute atomic E-state index is 11.9. The molecule has 2 N–H and O–H groups in total. The highest BCUT2D eigenvalue weighted by Crippen LogP contribution is 2.33. The van der Waals surface area contributed by atoms with Gasteiger partial charge in [-0.25, -0.2) is 0 Å². The van der Waals surface area contributed by atoms with Crippen molar-refractivity contribution in [3.8, 4) is 5.75 Å². The minimum Gasteiger partial charge on any atom is -0.405 e. The van der Waals surface area contributed by atoms with Gasteiger partial charge < -0.3 is 10.5 Å². The van der Waals surface area contributed by atoms with E-state index in [0.717, 1.165) is 6.07 Å². The van der Waals surface area contributed by atoms with Crippen molar-refractivity contribution in [2.45, 2.75) is 13.3 Å². The SMILES string of the molecule is Cc1cc(Br)c(OC(F)(F)F)cc1N. The van der Waals surface area contributed by atoms with Gasteiger partial charge in [-0.3, -0.25) is 0 Å². The van der Waals surface area contributed by atoms with Crippen LogP contribution in [-0.4, -0.2) is 6.36 Å². The molecule has 0 aliphatic rings. The molecule has 0 fully saturated rings. The average Bonchev–Trinajstić information content (AvgIpc) is 1.97. The number of ether oxygens (including phenoxy) is 1. The van der Waals surface area contributed by atoms with Crippen molar-refractivity contribution in [2.75, 3.05) is 5.73 Å². The highest BCUT2D eigenvalue weighted by molar-refractivity contribution is 9.10. The molecule has 14 heavy (non-hydrogen) atoms. The van der Waals surface area contributed by atoms with Crippen molar-refractivity contribution in [1.82, 2.24) is 0 Å². The molecule has 0 aliphatic heterocycles. The third kappa shape index (κ3) is 2.80. The Morgan fingerprint density at radius 2 is 1.93 bits per heavy atom. The number of anilines is 1. The minimum absolute atomic E-state index is 0.224. The van der Waals surface area contributed by atoms with E-state index in [4.69, 9.17) is 5.73 Å². The smallest absolute Gasteiger partial charge is 0.405 e. The Balaban J connectivity index is 3.04. The number of alkyl halides is 3. The summed E-state index contributed by atoms with van der Waals surface area (Å²) >= 11 is 2.95. The lowest BCUT2D eigenvalue weighted by Crippen LogP contribution is -2.17. The first-order chi connectivity index (χ1) is 6.29. The second-order valence-electron chi connectivity index (χ2n) is 2.69. The molecule has 0 aromatic heterocycles. The van der Waals surface area contributed by atoms with Crippen molar-refractivity contribution in [3.05, 3.63) is 22.2 Å². The summed E-state index contributed by atoms with van der Waals surface area (Å²) in [5.74, 6) is -0.333. The van der Waals surface area contributed by atoms with Gasteiger partial charge in [-0.1, -0.05) is 0 Å². The van der Waals surface area contributed by atoms with Gasteiger partial charge in [0.1, 0.15) is 5.75 Å². The van der Waals surface area contributed by atoms with Gasteiger partial charge in [0, 0.05) is 11.8 Å². The van der Waals surface area contributed by atoms with Gasteiger partial charge in [0.05, 0.1) is 4.47 Å². The maximum atomic E-state index is 11.9. The average molecular weight is 270 g/mol. The van der Waals surface area contributed by atoms with E-state index >= 15 is 0 Å². The molecule has 78 valence electrons. The van der Waals surface area contributed by atoms with E-state index in [2.05, 4.69) is 20.7 Å². The third-order valence-corrected chi connectivity index (χ3v) is 2.17. The predicted molar refractivity (Wildman–Crippen MR) is 50.0 cm³/mol. The molecule has 0 unspecified atom stereocenters. The van der Waals surface area contributed by atoms with Crippen LogP contribution in [0.15, 0.2) is 16.6 Å². The highest BCUT2D eigenvalue weighted by atomic mass is 79.9. The van der Waals surface area contributed by atoms with Crippen LogP contribution in [0.25, 0.3) is 0 Å². The first-order valence-electron chi connectivity index (χ1n) is 3.61. The third-order valence-electron chi connectivity index (χ3n) is 1.55. The summed E-state index contributed by atoms with van der Waals surface area (Å²) in [6.07, 6.45) is -4.70. The highest BCUT2D eigenvalue weighted by Gasteiger charge is 2.32. The van der Waals surface area contributed by atoms with E-state index in [1.54, 1.807) is 6.92 Å². The summed E-state index contributed by atoms with van der Waals surface area (Å²) in [7, 11) is 0. The summed E-state index contributed by atoms with van der Waals surface area (Å²) in [5, 5.41) is 0. The second kappa shape index (κ2) is 3.68. The molecule has 0 atom stereocenters. The standard InChI is InChI=1S/C8H7BrF3NO/c1-4-2-5(9)7(3-6(4)13)14-8(10,11)12/h2-3H,13H2,1H3. The first-order valence-corrected chi connectivity index (χ1v) is 4.40. The lowest BCUT2D eigenvalue weighted by Gasteiger charge is -2.12. The van der Waals surface area contributed by atoms with Crippen LogP contribution in [0.2, 0.25) is 0 Å². The van der Waals surface area contributed by atoms with Gasteiger partial charge in [-0.2, -0.15) is 0 Å². The zero-order chi connectivity index (χ0) is 10.9. The van der Waals surface area contributed by atoms with E-state index in [-0.39, 0.29) is 15.9 Å². The molecule has 0 bridgehead atoms. The molecular formula is C8H7BrF3NO. The van der Waals surface area contributed by atoms with E-state index in [1.165, 1.54) is 6.07 Å². The molecule has 0 amide bonds. The van der Waals surface area contributed by atoms with Crippen molar-refractivity contribution in [2.24, 2.45) is 0 Å². The summed E-state index contributed by atoms with van der Waals surface area (Å²) in [6.45, 7) is 1.69. The van der Waals surface area contributed by atoms with Crippen LogP contribution in [-0.2, 0) is 0 Å². The maximum Gasteiger partial charge on any atom is 0.573 e. The lowest BCUT2D eigenvalue weighted by molar-refractivity contribution is -0.274. The molecule has 6 heteroatoms. The number of nitrogen functional groups attached to an aromatic ring is 1. The van der Waals surface area contributed by atoms with Gasteiger partial charge in [0.2, 0.25) is 0 Å². The Kier molecular flexibility index (Phi) is 2.94. The summed E-state index contributed by atoms with van der Waals surface area (Å²) in [6, 6.07) is 2.60. The quantitative estimate of drug-likeness (QED) is 0.795. The summed E-state index contributed by atoms with van der Waals surface area (Å²) in [4.78, 5) is 0. The number of hydrogen-bond donors (Lipinski definition) is 1. The molecule has 1 aromatic carbocycles. The van der Waals surface area contributed by atoms with Crippen LogP contribution in [0.1, 0.15) is 5.56 Å². The molecule has 1 rings (SSSR count). The second-order valence-corrected chi connectivity index (χ2v) is 3.54. The fourth-order valence-electron chi connectivity index (χ4n) is 0.871. The number of hydrogen-bond acceptors (Lipinski definition) is 2. The Morgan fingerprint density at radius 3 is 2.43 bits per heavy atom. The summed E-state index contributed by atoms with van der Waals surface area (Å²) in [5.41, 5.74) is 6.38. The number of rotatable bonds is 1. The molecule has 0 heterocycles. The van der Waals surface area contributed by atoms with E-state index in [1.807, 2.05) is 0 Å². The topological polar surface area (TPSA) is 35.2 Å². The number of benzene rings is 1. The van der Waals surface area contributed by atoms with E-state index in [0.29, 0.717) is 5.56 Å². The van der Waals surface area contributed by atoms with Crippen LogP contribution in [0.4, 0.5) is 18.9 Å². The summed E-state index contributed by atoms with van der Waals surface area (Å²) < 4.78 is 39.6. The molecular weight excluding hydrogens is 263 g/mol. The van der Waals surface area contributed by atoms with Gasteiger partial charge in [0.15, 0.2) is 0 Å². The largest absolute Gasteiger partial charge is 0.573 e. The van der Waals surface area contributed by atoms with Gasteiger partial charge >= 0.3 is 6.36 Å². The Morgan fingerprint density at radius 1 is 1.36 bits per heavy atom. The zero-order valence-corrected chi connectivity index (χ0v) is 8.74. The molecule has 0 saturated carbocycles. The van der Waals surface area contributed by atoms with Crippen molar-refractivity contribution < 1.29 is 17.9 Å². The molecule has 1 aromatic rings. The van der Waals surface area contributed by atoms with Crippen molar-refractivity contribution >= 4 is 21.6 Å². The number of aryl methyl sites for hydroxylation is 1.